The molecule has 1 fully saturated rings. The molecule has 7 heteroatoms. The van der Waals surface area contributed by atoms with E-state index in [1.54, 1.807) is 17.5 Å². The van der Waals surface area contributed by atoms with Gasteiger partial charge in [-0.05, 0) is 28.8 Å². The Bertz CT molecular complexity index is 884. The Labute approximate surface area is 164 Å². The fraction of sp³-hybridized carbons (Fsp3) is 0.316. The van der Waals surface area contributed by atoms with E-state index in [4.69, 9.17) is 0 Å². The van der Waals surface area contributed by atoms with Crippen molar-refractivity contribution in [3.8, 4) is 0 Å². The SMILES string of the molecule is O=C(c1ccccc1)C1CCN(c2ncc(Cn3cc(Br)cn3)s2)CC1. The summed E-state index contributed by atoms with van der Waals surface area (Å²) in [5.41, 5.74) is 0.827. The predicted octanol–water partition coefficient (Wildman–Crippen LogP) is 4.25. The first-order valence-electron chi connectivity index (χ1n) is 8.66. The van der Waals surface area contributed by atoms with Crippen LogP contribution in [0.25, 0.3) is 0 Å². The molecule has 1 aliphatic heterocycles. The second-order valence-corrected chi connectivity index (χ2v) is 8.47. The number of aromatic nitrogens is 3. The lowest BCUT2D eigenvalue weighted by Crippen LogP contribution is -2.36. The number of carbonyl (C=O) groups excluding carboxylic acids is 1. The van der Waals surface area contributed by atoms with E-state index in [0.717, 1.165) is 47.6 Å². The van der Waals surface area contributed by atoms with Crippen molar-refractivity contribution in [1.82, 2.24) is 14.8 Å². The molecule has 0 unspecified atom stereocenters. The van der Waals surface area contributed by atoms with E-state index in [9.17, 15) is 4.79 Å². The summed E-state index contributed by atoms with van der Waals surface area (Å²) >= 11 is 5.12. The van der Waals surface area contributed by atoms with Crippen LogP contribution in [0, 0.1) is 5.92 Å². The van der Waals surface area contributed by atoms with Crippen LogP contribution in [0.2, 0.25) is 0 Å². The molecule has 0 bridgehead atoms. The fourth-order valence-corrected chi connectivity index (χ4v) is 4.55. The number of ketones is 1. The summed E-state index contributed by atoms with van der Waals surface area (Å²) < 4.78 is 2.87. The van der Waals surface area contributed by atoms with E-state index < -0.39 is 0 Å². The van der Waals surface area contributed by atoms with Gasteiger partial charge in [0.1, 0.15) is 0 Å². The molecular weight excluding hydrogens is 412 g/mol. The molecule has 0 saturated carbocycles. The summed E-state index contributed by atoms with van der Waals surface area (Å²) in [6.07, 6.45) is 7.44. The lowest BCUT2D eigenvalue weighted by atomic mass is 9.89. The second kappa shape index (κ2) is 7.72. The Morgan fingerprint density at radius 3 is 2.65 bits per heavy atom. The Morgan fingerprint density at radius 2 is 1.96 bits per heavy atom. The molecular formula is C19H19BrN4OS. The molecule has 0 spiro atoms. The number of anilines is 1. The molecule has 26 heavy (non-hydrogen) atoms. The number of halogens is 1. The minimum absolute atomic E-state index is 0.120. The second-order valence-electron chi connectivity index (χ2n) is 6.46. The third-order valence-corrected chi connectivity index (χ3v) is 6.11. The Kier molecular flexibility index (Phi) is 5.17. The lowest BCUT2D eigenvalue weighted by molar-refractivity contribution is 0.0900. The van der Waals surface area contributed by atoms with Gasteiger partial charge in [-0.1, -0.05) is 41.7 Å². The molecule has 3 aromatic rings. The first-order chi connectivity index (χ1) is 12.7. The minimum atomic E-state index is 0.120. The number of benzene rings is 1. The van der Waals surface area contributed by atoms with Crippen LogP contribution in [0.3, 0.4) is 0 Å². The number of carbonyl (C=O) groups is 1. The quantitative estimate of drug-likeness (QED) is 0.567. The van der Waals surface area contributed by atoms with Gasteiger partial charge in [-0.2, -0.15) is 5.10 Å². The van der Waals surface area contributed by atoms with Crippen LogP contribution >= 0.6 is 27.3 Å². The monoisotopic (exact) mass is 430 g/mol. The maximum atomic E-state index is 12.6. The van der Waals surface area contributed by atoms with Gasteiger partial charge in [0.05, 0.1) is 17.2 Å². The zero-order valence-electron chi connectivity index (χ0n) is 14.2. The van der Waals surface area contributed by atoms with E-state index in [0.29, 0.717) is 0 Å². The van der Waals surface area contributed by atoms with Gasteiger partial charge in [-0.25, -0.2) is 4.98 Å². The largest absolute Gasteiger partial charge is 0.348 e. The summed E-state index contributed by atoms with van der Waals surface area (Å²) in [7, 11) is 0. The summed E-state index contributed by atoms with van der Waals surface area (Å²) in [5.74, 6) is 0.392. The van der Waals surface area contributed by atoms with Crippen LogP contribution < -0.4 is 4.90 Å². The van der Waals surface area contributed by atoms with Crippen molar-refractivity contribution in [3.63, 3.8) is 0 Å². The van der Waals surface area contributed by atoms with Gasteiger partial charge in [-0.15, -0.1) is 0 Å². The van der Waals surface area contributed by atoms with E-state index in [1.807, 2.05) is 47.4 Å². The molecule has 0 radical (unpaired) electrons. The molecule has 3 heterocycles. The first kappa shape index (κ1) is 17.4. The van der Waals surface area contributed by atoms with Crippen LogP contribution in [0.5, 0.6) is 0 Å². The van der Waals surface area contributed by atoms with E-state index in [2.05, 4.69) is 30.9 Å². The molecule has 0 aliphatic carbocycles. The van der Waals surface area contributed by atoms with Crippen molar-refractivity contribution in [3.05, 3.63) is 63.8 Å². The first-order valence-corrected chi connectivity index (χ1v) is 10.3. The molecule has 0 atom stereocenters. The Morgan fingerprint density at radius 1 is 1.19 bits per heavy atom. The molecule has 4 rings (SSSR count). The molecule has 0 amide bonds. The Balaban J connectivity index is 1.35. The molecule has 1 aliphatic rings. The zero-order chi connectivity index (χ0) is 17.9. The highest BCUT2D eigenvalue weighted by Crippen LogP contribution is 2.29. The van der Waals surface area contributed by atoms with Gasteiger partial charge >= 0.3 is 0 Å². The highest BCUT2D eigenvalue weighted by Gasteiger charge is 2.26. The maximum Gasteiger partial charge on any atom is 0.185 e. The molecule has 0 N–H and O–H groups in total. The lowest BCUT2D eigenvalue weighted by Gasteiger charge is -2.31. The number of hydrogen-bond donors (Lipinski definition) is 0. The molecule has 1 saturated heterocycles. The van der Waals surface area contributed by atoms with Crippen molar-refractivity contribution in [2.45, 2.75) is 19.4 Å². The van der Waals surface area contributed by atoms with Crippen molar-refractivity contribution < 1.29 is 4.79 Å². The highest BCUT2D eigenvalue weighted by atomic mass is 79.9. The van der Waals surface area contributed by atoms with Crippen LogP contribution in [0.4, 0.5) is 5.13 Å². The van der Waals surface area contributed by atoms with E-state index in [-0.39, 0.29) is 11.7 Å². The summed E-state index contributed by atoms with van der Waals surface area (Å²) in [6, 6.07) is 9.63. The number of rotatable bonds is 5. The number of piperidine rings is 1. The highest BCUT2D eigenvalue weighted by molar-refractivity contribution is 9.10. The van der Waals surface area contributed by atoms with Crippen LogP contribution in [0.1, 0.15) is 28.1 Å². The average molecular weight is 431 g/mol. The average Bonchev–Trinajstić information content (AvgIpc) is 3.31. The van der Waals surface area contributed by atoms with Crippen LogP contribution in [0.15, 0.2) is 53.4 Å². The standard InChI is InChI=1S/C19H19BrN4OS/c20-16-10-22-24(12-16)13-17-11-21-19(26-17)23-8-6-15(7-9-23)18(25)14-4-2-1-3-5-14/h1-5,10-12,15H,6-9,13H2. The predicted molar refractivity (Wildman–Crippen MR) is 107 cm³/mol. The third kappa shape index (κ3) is 3.88. The molecule has 134 valence electrons. The van der Waals surface area contributed by atoms with E-state index >= 15 is 0 Å². The third-order valence-electron chi connectivity index (χ3n) is 4.66. The van der Waals surface area contributed by atoms with Crippen LogP contribution in [-0.4, -0.2) is 33.6 Å². The number of nitrogens with zero attached hydrogens (tertiary/aromatic N) is 4. The van der Waals surface area contributed by atoms with Gasteiger partial charge in [0.2, 0.25) is 0 Å². The molecule has 5 nitrogen and oxygen atoms in total. The van der Waals surface area contributed by atoms with E-state index in [1.165, 1.54) is 4.88 Å². The number of hydrogen-bond acceptors (Lipinski definition) is 5. The minimum Gasteiger partial charge on any atom is -0.348 e. The van der Waals surface area contributed by atoms with Crippen molar-refractivity contribution in [2.75, 3.05) is 18.0 Å². The normalized spacial score (nSPS) is 15.3. The topological polar surface area (TPSA) is 51.0 Å². The fourth-order valence-electron chi connectivity index (χ4n) is 3.27. The molecule has 2 aromatic heterocycles. The summed E-state index contributed by atoms with van der Waals surface area (Å²) in [6.45, 7) is 2.49. The van der Waals surface area contributed by atoms with Crippen molar-refractivity contribution in [1.29, 1.82) is 0 Å². The number of Topliss-reactive ketones (excluding diaryl/α,β-unsaturated/α-hetero) is 1. The maximum absolute atomic E-state index is 12.6. The smallest absolute Gasteiger partial charge is 0.185 e. The molecule has 1 aromatic carbocycles. The zero-order valence-corrected chi connectivity index (χ0v) is 16.6. The van der Waals surface area contributed by atoms with Gasteiger partial charge in [0.25, 0.3) is 0 Å². The van der Waals surface area contributed by atoms with Crippen LogP contribution in [-0.2, 0) is 6.54 Å². The number of thiazole rings is 1. The van der Waals surface area contributed by atoms with Gasteiger partial charge < -0.3 is 4.90 Å². The summed E-state index contributed by atoms with van der Waals surface area (Å²) in [5, 5.41) is 5.33. The van der Waals surface area contributed by atoms with Gasteiger partial charge in [0, 0.05) is 41.8 Å². The Hall–Kier alpha value is -1.99. The van der Waals surface area contributed by atoms with Gasteiger partial charge in [0.15, 0.2) is 10.9 Å². The van der Waals surface area contributed by atoms with Gasteiger partial charge in [-0.3, -0.25) is 9.48 Å². The van der Waals surface area contributed by atoms with Crippen molar-refractivity contribution >= 4 is 38.2 Å². The van der Waals surface area contributed by atoms with Crippen molar-refractivity contribution in [2.24, 2.45) is 5.92 Å². The summed E-state index contributed by atoms with van der Waals surface area (Å²) in [4.78, 5) is 20.7.